The standard InChI is InChI=1S/C22H19FN2OS2/c1-14-13-20(28-21(14)16-7-9-17(23)10-8-16)22(26)25-18-5-3-4-6-19(18)27-15(2)11-12-24/h3-10,13,15H,11H2,1-2H3,(H,25,26). The monoisotopic (exact) mass is 410 g/mol. The Morgan fingerprint density at radius 1 is 1.25 bits per heavy atom. The first-order valence-electron chi connectivity index (χ1n) is 8.78. The zero-order chi connectivity index (χ0) is 20.1. The van der Waals surface area contributed by atoms with Gasteiger partial charge in [0.1, 0.15) is 5.82 Å². The molecule has 0 saturated carbocycles. The minimum Gasteiger partial charge on any atom is -0.320 e. The first-order chi connectivity index (χ1) is 13.5. The van der Waals surface area contributed by atoms with Crippen molar-refractivity contribution in [2.24, 2.45) is 0 Å². The van der Waals surface area contributed by atoms with Crippen molar-refractivity contribution in [1.82, 2.24) is 0 Å². The number of hydrogen-bond acceptors (Lipinski definition) is 4. The second-order valence-electron chi connectivity index (χ2n) is 6.37. The van der Waals surface area contributed by atoms with Crippen LogP contribution in [0.25, 0.3) is 10.4 Å². The Morgan fingerprint density at radius 2 is 1.96 bits per heavy atom. The molecule has 3 nitrogen and oxygen atoms in total. The number of nitrogens with one attached hydrogen (secondary N) is 1. The molecule has 3 rings (SSSR count). The van der Waals surface area contributed by atoms with Crippen molar-refractivity contribution >= 4 is 34.7 Å². The van der Waals surface area contributed by atoms with E-state index in [-0.39, 0.29) is 17.0 Å². The number of halogens is 1. The Labute approximate surface area is 172 Å². The van der Waals surface area contributed by atoms with Crippen LogP contribution in [0.4, 0.5) is 10.1 Å². The van der Waals surface area contributed by atoms with Crippen molar-refractivity contribution in [3.63, 3.8) is 0 Å². The first kappa shape index (κ1) is 20.1. The third kappa shape index (κ3) is 4.80. The van der Waals surface area contributed by atoms with Gasteiger partial charge in [0.15, 0.2) is 0 Å². The van der Waals surface area contributed by atoms with Crippen molar-refractivity contribution < 1.29 is 9.18 Å². The number of benzene rings is 2. The van der Waals surface area contributed by atoms with E-state index in [2.05, 4.69) is 11.4 Å². The number of carbonyl (C=O) groups is 1. The molecular formula is C22H19FN2OS2. The SMILES string of the molecule is Cc1cc(C(=O)Nc2ccccc2SC(C)CC#N)sc1-c1ccc(F)cc1. The quantitative estimate of drug-likeness (QED) is 0.471. The number of carbonyl (C=O) groups excluding carboxylic acids is 1. The van der Waals surface area contributed by atoms with Crippen LogP contribution in [0.15, 0.2) is 59.5 Å². The van der Waals surface area contributed by atoms with Crippen LogP contribution in [0.1, 0.15) is 28.6 Å². The van der Waals surface area contributed by atoms with Crippen LogP contribution in [-0.4, -0.2) is 11.2 Å². The highest BCUT2D eigenvalue weighted by Crippen LogP contribution is 2.35. The minimum atomic E-state index is -0.282. The van der Waals surface area contributed by atoms with Gasteiger partial charge in [-0.25, -0.2) is 4.39 Å². The van der Waals surface area contributed by atoms with E-state index in [1.807, 2.05) is 44.2 Å². The number of thioether (sulfide) groups is 1. The number of thiophene rings is 1. The molecule has 0 bridgehead atoms. The van der Waals surface area contributed by atoms with Gasteiger partial charge in [-0.15, -0.1) is 23.1 Å². The molecule has 1 atom stereocenters. The van der Waals surface area contributed by atoms with Gasteiger partial charge in [0, 0.05) is 21.4 Å². The molecule has 1 aromatic heterocycles. The van der Waals surface area contributed by atoms with Crippen LogP contribution in [0.5, 0.6) is 0 Å². The van der Waals surface area contributed by atoms with Crippen LogP contribution < -0.4 is 5.32 Å². The molecular weight excluding hydrogens is 391 g/mol. The number of nitriles is 1. The minimum absolute atomic E-state index is 0.136. The van der Waals surface area contributed by atoms with E-state index in [1.165, 1.54) is 23.5 Å². The van der Waals surface area contributed by atoms with E-state index < -0.39 is 0 Å². The molecule has 0 fully saturated rings. The fourth-order valence-corrected chi connectivity index (χ4v) is 4.79. The van der Waals surface area contributed by atoms with Gasteiger partial charge in [-0.1, -0.05) is 31.2 Å². The lowest BCUT2D eigenvalue weighted by atomic mass is 10.1. The van der Waals surface area contributed by atoms with Crippen LogP contribution in [0.3, 0.4) is 0 Å². The molecule has 1 amide bonds. The Morgan fingerprint density at radius 3 is 2.68 bits per heavy atom. The van der Waals surface area contributed by atoms with Gasteiger partial charge >= 0.3 is 0 Å². The molecule has 2 aromatic carbocycles. The zero-order valence-electron chi connectivity index (χ0n) is 15.5. The van der Waals surface area contributed by atoms with Crippen LogP contribution in [-0.2, 0) is 0 Å². The van der Waals surface area contributed by atoms with E-state index in [1.54, 1.807) is 23.9 Å². The maximum Gasteiger partial charge on any atom is 0.265 e. The molecule has 0 aliphatic rings. The predicted octanol–water partition coefficient (Wildman–Crippen LogP) is 6.51. The lowest BCUT2D eigenvalue weighted by Crippen LogP contribution is -2.11. The Bertz CT molecular complexity index is 1020. The lowest BCUT2D eigenvalue weighted by molar-refractivity contribution is 0.103. The summed E-state index contributed by atoms with van der Waals surface area (Å²) in [5, 5.41) is 12.0. The van der Waals surface area contributed by atoms with Gasteiger partial charge in [0.05, 0.1) is 16.6 Å². The maximum atomic E-state index is 13.2. The number of para-hydroxylation sites is 1. The lowest BCUT2D eigenvalue weighted by Gasteiger charge is -2.12. The van der Waals surface area contributed by atoms with Crippen LogP contribution in [0.2, 0.25) is 0 Å². The Kier molecular flexibility index (Phi) is 6.50. The highest BCUT2D eigenvalue weighted by molar-refractivity contribution is 8.00. The second kappa shape index (κ2) is 9.05. The molecule has 1 N–H and O–H groups in total. The van der Waals surface area contributed by atoms with Gasteiger partial charge in [0.25, 0.3) is 5.91 Å². The van der Waals surface area contributed by atoms with E-state index in [9.17, 15) is 9.18 Å². The fourth-order valence-electron chi connectivity index (χ4n) is 2.73. The number of amides is 1. The third-order valence-corrected chi connectivity index (χ3v) is 6.55. The molecule has 0 saturated heterocycles. The first-order valence-corrected chi connectivity index (χ1v) is 10.5. The average molecular weight is 411 g/mol. The van der Waals surface area contributed by atoms with E-state index in [0.717, 1.165) is 26.6 Å². The smallest absolute Gasteiger partial charge is 0.265 e. The summed E-state index contributed by atoms with van der Waals surface area (Å²) < 4.78 is 13.2. The Balaban J connectivity index is 1.80. The molecule has 0 aliphatic carbocycles. The van der Waals surface area contributed by atoms with Crippen molar-refractivity contribution in [2.45, 2.75) is 30.4 Å². The molecule has 0 radical (unpaired) electrons. The summed E-state index contributed by atoms with van der Waals surface area (Å²) in [6.45, 7) is 3.93. The Hall–Kier alpha value is -2.62. The maximum absolute atomic E-state index is 13.2. The molecule has 142 valence electrons. The van der Waals surface area contributed by atoms with Crippen LogP contribution >= 0.6 is 23.1 Å². The van der Waals surface area contributed by atoms with E-state index in [0.29, 0.717) is 11.3 Å². The van der Waals surface area contributed by atoms with Gasteiger partial charge in [-0.3, -0.25) is 4.79 Å². The molecule has 3 aromatic rings. The van der Waals surface area contributed by atoms with Crippen molar-refractivity contribution in [2.75, 3.05) is 5.32 Å². The molecule has 6 heteroatoms. The summed E-state index contributed by atoms with van der Waals surface area (Å²) in [6.07, 6.45) is 0.443. The van der Waals surface area contributed by atoms with Gasteiger partial charge in [-0.05, 0) is 48.4 Å². The van der Waals surface area contributed by atoms with E-state index in [4.69, 9.17) is 5.26 Å². The summed E-state index contributed by atoms with van der Waals surface area (Å²) in [5.74, 6) is -0.460. The third-order valence-electron chi connectivity index (χ3n) is 4.09. The molecule has 28 heavy (non-hydrogen) atoms. The number of aryl methyl sites for hydroxylation is 1. The van der Waals surface area contributed by atoms with Crippen LogP contribution in [0, 0.1) is 24.1 Å². The number of rotatable bonds is 6. The summed E-state index contributed by atoms with van der Waals surface area (Å²) in [6, 6.07) is 17.9. The zero-order valence-corrected chi connectivity index (χ0v) is 17.2. The summed E-state index contributed by atoms with van der Waals surface area (Å²) in [4.78, 5) is 15.3. The summed E-state index contributed by atoms with van der Waals surface area (Å²) in [5.41, 5.74) is 2.60. The highest BCUT2D eigenvalue weighted by Gasteiger charge is 2.16. The molecule has 1 unspecified atom stereocenters. The van der Waals surface area contributed by atoms with Gasteiger partial charge in [0.2, 0.25) is 0 Å². The molecule has 0 aliphatic heterocycles. The topological polar surface area (TPSA) is 52.9 Å². The van der Waals surface area contributed by atoms with Crippen molar-refractivity contribution in [3.05, 3.63) is 70.9 Å². The second-order valence-corrected chi connectivity index (χ2v) is 8.90. The normalized spacial score (nSPS) is 11.6. The number of anilines is 1. The van der Waals surface area contributed by atoms with Crippen molar-refractivity contribution in [3.8, 4) is 16.5 Å². The average Bonchev–Trinajstić information content (AvgIpc) is 3.06. The largest absolute Gasteiger partial charge is 0.320 e. The number of hydrogen-bond donors (Lipinski definition) is 1. The highest BCUT2D eigenvalue weighted by atomic mass is 32.2. The fraction of sp³-hybridized carbons (Fsp3) is 0.182. The van der Waals surface area contributed by atoms with Gasteiger partial charge < -0.3 is 5.32 Å². The van der Waals surface area contributed by atoms with E-state index >= 15 is 0 Å². The predicted molar refractivity (Wildman–Crippen MR) is 114 cm³/mol. The molecule has 1 heterocycles. The van der Waals surface area contributed by atoms with Gasteiger partial charge in [-0.2, -0.15) is 5.26 Å². The molecule has 0 spiro atoms. The summed E-state index contributed by atoms with van der Waals surface area (Å²) >= 11 is 2.96. The summed E-state index contributed by atoms with van der Waals surface area (Å²) in [7, 11) is 0. The number of nitrogens with zero attached hydrogens (tertiary/aromatic N) is 1. The van der Waals surface area contributed by atoms with Crippen molar-refractivity contribution in [1.29, 1.82) is 5.26 Å².